The molecule has 1 heterocycles. The van der Waals surface area contributed by atoms with Crippen molar-refractivity contribution < 1.29 is 4.42 Å². The van der Waals surface area contributed by atoms with Crippen LogP contribution < -0.4 is 5.32 Å². The second-order valence-corrected chi connectivity index (χ2v) is 5.66. The fraction of sp³-hybridized carbons (Fsp3) is 0.733. The van der Waals surface area contributed by atoms with Crippen LogP contribution in [0.2, 0.25) is 0 Å². The van der Waals surface area contributed by atoms with Gasteiger partial charge in [0.2, 0.25) is 0 Å². The number of rotatable bonds is 3. The van der Waals surface area contributed by atoms with E-state index in [1.165, 1.54) is 62.8 Å². The summed E-state index contributed by atoms with van der Waals surface area (Å²) in [5.74, 6) is 2.14. The van der Waals surface area contributed by atoms with Crippen molar-refractivity contribution in [1.82, 2.24) is 5.32 Å². The maximum Gasteiger partial charge on any atom is 0.108 e. The SMILES string of the molecule is c1cc2c(o1)CCCC2NCC1CCCCC1. The third-order valence-electron chi connectivity index (χ3n) is 4.43. The Morgan fingerprint density at radius 3 is 2.88 bits per heavy atom. The van der Waals surface area contributed by atoms with E-state index in [-0.39, 0.29) is 0 Å². The number of hydrogen-bond acceptors (Lipinski definition) is 2. The van der Waals surface area contributed by atoms with Crippen LogP contribution in [-0.2, 0) is 6.42 Å². The fourth-order valence-electron chi connectivity index (χ4n) is 3.40. The van der Waals surface area contributed by atoms with Crippen molar-refractivity contribution in [3.05, 3.63) is 23.7 Å². The molecule has 1 fully saturated rings. The van der Waals surface area contributed by atoms with Crippen molar-refractivity contribution in [3.63, 3.8) is 0 Å². The summed E-state index contributed by atoms with van der Waals surface area (Å²) in [7, 11) is 0. The lowest BCUT2D eigenvalue weighted by atomic mass is 9.88. The van der Waals surface area contributed by atoms with Crippen LogP contribution in [0.3, 0.4) is 0 Å². The van der Waals surface area contributed by atoms with Gasteiger partial charge < -0.3 is 9.73 Å². The van der Waals surface area contributed by atoms with Crippen LogP contribution >= 0.6 is 0 Å². The van der Waals surface area contributed by atoms with E-state index in [1.54, 1.807) is 0 Å². The summed E-state index contributed by atoms with van der Waals surface area (Å²) in [6.07, 6.45) is 12.7. The summed E-state index contributed by atoms with van der Waals surface area (Å²) in [5, 5.41) is 3.77. The Morgan fingerprint density at radius 2 is 2.00 bits per heavy atom. The van der Waals surface area contributed by atoms with E-state index >= 15 is 0 Å². The third-order valence-corrected chi connectivity index (χ3v) is 4.43. The zero-order valence-electron chi connectivity index (χ0n) is 10.6. The van der Waals surface area contributed by atoms with Crippen molar-refractivity contribution in [2.45, 2.75) is 57.4 Å². The molecule has 0 spiro atoms. The van der Waals surface area contributed by atoms with Gasteiger partial charge in [0.05, 0.1) is 6.26 Å². The first-order valence-corrected chi connectivity index (χ1v) is 7.23. The van der Waals surface area contributed by atoms with Crippen molar-refractivity contribution in [2.75, 3.05) is 6.54 Å². The van der Waals surface area contributed by atoms with Crippen LogP contribution in [-0.4, -0.2) is 6.54 Å². The molecule has 1 N–H and O–H groups in total. The van der Waals surface area contributed by atoms with Crippen LogP contribution in [0.15, 0.2) is 16.7 Å². The van der Waals surface area contributed by atoms with Gasteiger partial charge >= 0.3 is 0 Å². The first-order chi connectivity index (χ1) is 8.43. The van der Waals surface area contributed by atoms with E-state index < -0.39 is 0 Å². The van der Waals surface area contributed by atoms with Crippen molar-refractivity contribution in [3.8, 4) is 0 Å². The number of aryl methyl sites for hydroxylation is 1. The van der Waals surface area contributed by atoms with Crippen molar-refractivity contribution in [1.29, 1.82) is 0 Å². The van der Waals surface area contributed by atoms with Gasteiger partial charge in [-0.1, -0.05) is 19.3 Å². The molecule has 1 aromatic heterocycles. The van der Waals surface area contributed by atoms with Gasteiger partial charge in [-0.2, -0.15) is 0 Å². The maximum atomic E-state index is 5.54. The minimum atomic E-state index is 0.555. The van der Waals surface area contributed by atoms with Gasteiger partial charge in [0.25, 0.3) is 0 Å². The van der Waals surface area contributed by atoms with Gasteiger partial charge in [-0.25, -0.2) is 0 Å². The molecular formula is C15H23NO. The summed E-state index contributed by atoms with van der Waals surface area (Å²) in [6, 6.07) is 2.71. The summed E-state index contributed by atoms with van der Waals surface area (Å²) in [4.78, 5) is 0. The van der Waals surface area contributed by atoms with Gasteiger partial charge in [-0.3, -0.25) is 0 Å². The average molecular weight is 233 g/mol. The monoisotopic (exact) mass is 233 g/mol. The second-order valence-electron chi connectivity index (χ2n) is 5.66. The smallest absolute Gasteiger partial charge is 0.108 e. The standard InChI is InChI=1S/C15H23NO/c1-2-5-12(6-3-1)11-16-14-7-4-8-15-13(14)9-10-17-15/h9-10,12,14,16H,1-8,11H2. The number of fused-ring (bicyclic) bond motifs is 1. The molecule has 0 saturated heterocycles. The molecule has 2 aliphatic carbocycles. The van der Waals surface area contributed by atoms with E-state index in [0.29, 0.717) is 6.04 Å². The molecular weight excluding hydrogens is 210 g/mol. The molecule has 94 valence electrons. The van der Waals surface area contributed by atoms with Crippen molar-refractivity contribution in [2.24, 2.45) is 5.92 Å². The van der Waals surface area contributed by atoms with Crippen LogP contribution in [0.1, 0.15) is 62.3 Å². The highest BCUT2D eigenvalue weighted by Crippen LogP contribution is 2.31. The minimum Gasteiger partial charge on any atom is -0.469 e. The molecule has 3 rings (SSSR count). The van der Waals surface area contributed by atoms with E-state index in [4.69, 9.17) is 4.42 Å². The predicted octanol–water partition coefficient (Wildman–Crippen LogP) is 3.83. The van der Waals surface area contributed by atoms with Crippen LogP contribution in [0.25, 0.3) is 0 Å². The van der Waals surface area contributed by atoms with E-state index in [9.17, 15) is 0 Å². The first-order valence-electron chi connectivity index (χ1n) is 7.23. The molecule has 0 aromatic carbocycles. The number of furan rings is 1. The molecule has 2 nitrogen and oxygen atoms in total. The Morgan fingerprint density at radius 1 is 1.12 bits per heavy atom. The summed E-state index contributed by atoms with van der Waals surface area (Å²) >= 11 is 0. The number of hydrogen-bond donors (Lipinski definition) is 1. The lowest BCUT2D eigenvalue weighted by Gasteiger charge is -2.27. The molecule has 1 saturated carbocycles. The van der Waals surface area contributed by atoms with Crippen molar-refractivity contribution >= 4 is 0 Å². The summed E-state index contributed by atoms with van der Waals surface area (Å²) in [6.45, 7) is 1.20. The third kappa shape index (κ3) is 2.57. The van der Waals surface area contributed by atoms with E-state index in [0.717, 1.165) is 12.3 Å². The van der Waals surface area contributed by atoms with E-state index in [1.807, 2.05) is 6.26 Å². The summed E-state index contributed by atoms with van der Waals surface area (Å²) < 4.78 is 5.54. The summed E-state index contributed by atoms with van der Waals surface area (Å²) in [5.41, 5.74) is 1.42. The normalized spacial score (nSPS) is 25.8. The Bertz CT molecular complexity index is 352. The van der Waals surface area contributed by atoms with Gasteiger partial charge in [0.1, 0.15) is 5.76 Å². The highest BCUT2D eigenvalue weighted by molar-refractivity contribution is 5.23. The molecule has 2 heteroatoms. The maximum absolute atomic E-state index is 5.54. The lowest BCUT2D eigenvalue weighted by Crippen LogP contribution is -2.30. The molecule has 2 aliphatic rings. The number of nitrogens with one attached hydrogen (secondary N) is 1. The zero-order chi connectivity index (χ0) is 11.5. The zero-order valence-corrected chi connectivity index (χ0v) is 10.6. The van der Waals surface area contributed by atoms with Crippen LogP contribution in [0.4, 0.5) is 0 Å². The molecule has 0 amide bonds. The highest BCUT2D eigenvalue weighted by Gasteiger charge is 2.23. The molecule has 17 heavy (non-hydrogen) atoms. The quantitative estimate of drug-likeness (QED) is 0.858. The van der Waals surface area contributed by atoms with Crippen LogP contribution in [0.5, 0.6) is 0 Å². The van der Waals surface area contributed by atoms with Gasteiger partial charge in [-0.15, -0.1) is 0 Å². The Hall–Kier alpha value is -0.760. The van der Waals surface area contributed by atoms with Crippen LogP contribution in [0, 0.1) is 5.92 Å². The van der Waals surface area contributed by atoms with Gasteiger partial charge in [0, 0.05) is 18.0 Å². The second kappa shape index (κ2) is 5.26. The first kappa shape index (κ1) is 11.3. The molecule has 1 unspecified atom stereocenters. The molecule has 0 bridgehead atoms. The lowest BCUT2D eigenvalue weighted by molar-refractivity contribution is 0.315. The molecule has 1 atom stereocenters. The predicted molar refractivity (Wildman–Crippen MR) is 69.0 cm³/mol. The Balaban J connectivity index is 1.56. The average Bonchev–Trinajstić information content (AvgIpc) is 2.86. The topological polar surface area (TPSA) is 25.2 Å². The minimum absolute atomic E-state index is 0.555. The molecule has 1 aromatic rings. The van der Waals surface area contributed by atoms with E-state index in [2.05, 4.69) is 11.4 Å². The van der Waals surface area contributed by atoms with Gasteiger partial charge in [-0.05, 0) is 44.2 Å². The Labute approximate surface area is 104 Å². The molecule has 0 radical (unpaired) electrons. The molecule has 0 aliphatic heterocycles. The largest absolute Gasteiger partial charge is 0.469 e. The highest BCUT2D eigenvalue weighted by atomic mass is 16.3. The fourth-order valence-corrected chi connectivity index (χ4v) is 3.40. The van der Waals surface area contributed by atoms with Gasteiger partial charge in [0.15, 0.2) is 0 Å². The Kier molecular flexibility index (Phi) is 3.51.